The Labute approximate surface area is 235 Å². The van der Waals surface area contributed by atoms with Crippen LogP contribution in [0, 0.1) is 6.92 Å². The summed E-state index contributed by atoms with van der Waals surface area (Å²) >= 11 is 0. The molecule has 0 saturated carbocycles. The monoisotopic (exact) mass is 533 g/mol. The largest absolute Gasteiger partial charge is 0.476 e. The number of anilines is 3. The molecule has 2 aliphatic rings. The average molecular weight is 534 g/mol. The van der Waals surface area contributed by atoms with E-state index in [9.17, 15) is 14.7 Å². The lowest BCUT2D eigenvalue weighted by atomic mass is 9.76. The van der Waals surface area contributed by atoms with E-state index in [0.29, 0.717) is 11.3 Å². The van der Waals surface area contributed by atoms with Crippen molar-refractivity contribution >= 4 is 40.2 Å². The average Bonchev–Trinajstić information content (AvgIpc) is 3.30. The van der Waals surface area contributed by atoms with Crippen molar-refractivity contribution in [1.82, 2.24) is 0 Å². The van der Waals surface area contributed by atoms with E-state index in [0.717, 1.165) is 29.7 Å². The SMILES string of the molecule is CC(=C1/C(=O)N(c2ccccc2)N=C1C(=O)O)/C(C)=C(\C)c1ccc2c(c1)C(C)(C)CCN2c1ccc(C)cc1. The summed E-state index contributed by atoms with van der Waals surface area (Å²) in [6.45, 7) is 13.4. The molecule has 3 aromatic carbocycles. The summed E-state index contributed by atoms with van der Waals surface area (Å²) in [6.07, 6.45) is 1.02. The standard InChI is InChI=1S/C34H35N3O3/c1-21-12-15-26(16-13-21)36-19-18-34(5,6)28-20-25(14-17-29(28)36)23(3)22(2)24(4)30-31(33(39)40)35-37(32(30)38)27-10-8-7-9-11-27/h7-17,20H,18-19H2,1-6H3,(H,39,40)/b23-22+,30-24-. The maximum Gasteiger partial charge on any atom is 0.357 e. The molecule has 0 radical (unpaired) electrons. The molecule has 1 amide bonds. The van der Waals surface area contributed by atoms with Crippen LogP contribution in [0.3, 0.4) is 0 Å². The Morgan fingerprint density at radius 3 is 2.25 bits per heavy atom. The van der Waals surface area contributed by atoms with E-state index in [-0.39, 0.29) is 16.7 Å². The first-order chi connectivity index (χ1) is 19.0. The lowest BCUT2D eigenvalue weighted by Crippen LogP contribution is -2.34. The molecule has 0 unspecified atom stereocenters. The fourth-order valence-corrected chi connectivity index (χ4v) is 5.51. The highest BCUT2D eigenvalue weighted by molar-refractivity contribution is 6.53. The zero-order chi connectivity index (χ0) is 28.8. The number of hydrogen-bond acceptors (Lipinski definition) is 4. The smallest absolute Gasteiger partial charge is 0.357 e. The second kappa shape index (κ2) is 10.3. The summed E-state index contributed by atoms with van der Waals surface area (Å²) in [5.74, 6) is -1.66. The Balaban J connectivity index is 1.57. The molecule has 5 rings (SSSR count). The number of carbonyl (C=O) groups is 2. The van der Waals surface area contributed by atoms with Crippen molar-refractivity contribution in [3.8, 4) is 0 Å². The van der Waals surface area contributed by atoms with Crippen LogP contribution in [0.15, 0.2) is 94.6 Å². The molecule has 2 heterocycles. The Morgan fingerprint density at radius 2 is 1.60 bits per heavy atom. The number of carbonyl (C=O) groups excluding carboxylic acids is 1. The molecular formula is C34H35N3O3. The fraction of sp³-hybridized carbons (Fsp3) is 0.265. The zero-order valence-corrected chi connectivity index (χ0v) is 23.9. The van der Waals surface area contributed by atoms with Crippen LogP contribution >= 0.6 is 0 Å². The van der Waals surface area contributed by atoms with Gasteiger partial charge in [-0.15, -0.1) is 0 Å². The molecule has 0 fully saturated rings. The number of hydrogen-bond donors (Lipinski definition) is 1. The number of nitrogens with zero attached hydrogens (tertiary/aromatic N) is 3. The number of hydrazone groups is 1. The van der Waals surface area contributed by atoms with Crippen LogP contribution in [0.5, 0.6) is 0 Å². The first kappa shape index (κ1) is 27.1. The predicted molar refractivity (Wildman–Crippen MR) is 162 cm³/mol. The van der Waals surface area contributed by atoms with Crippen LogP contribution in [0.2, 0.25) is 0 Å². The highest BCUT2D eigenvalue weighted by atomic mass is 16.4. The maximum atomic E-state index is 13.5. The molecule has 0 saturated heterocycles. The molecule has 2 aliphatic heterocycles. The Hall–Kier alpha value is -4.45. The van der Waals surface area contributed by atoms with E-state index in [2.05, 4.69) is 73.2 Å². The predicted octanol–water partition coefficient (Wildman–Crippen LogP) is 7.41. The number of aliphatic carboxylic acids is 1. The zero-order valence-electron chi connectivity index (χ0n) is 23.9. The van der Waals surface area contributed by atoms with Gasteiger partial charge in [0.05, 0.1) is 11.3 Å². The topological polar surface area (TPSA) is 73.2 Å². The van der Waals surface area contributed by atoms with E-state index >= 15 is 0 Å². The van der Waals surface area contributed by atoms with Crippen molar-refractivity contribution in [1.29, 1.82) is 0 Å². The normalized spacial score (nSPS) is 18.2. The van der Waals surface area contributed by atoms with Gasteiger partial charge in [0.15, 0.2) is 5.71 Å². The second-order valence-corrected chi connectivity index (χ2v) is 11.3. The minimum Gasteiger partial charge on any atom is -0.476 e. The number of aryl methyl sites for hydroxylation is 1. The number of amides is 1. The summed E-state index contributed by atoms with van der Waals surface area (Å²) < 4.78 is 0. The van der Waals surface area contributed by atoms with Crippen molar-refractivity contribution in [3.05, 3.63) is 106 Å². The first-order valence-corrected chi connectivity index (χ1v) is 13.6. The third-order valence-electron chi connectivity index (χ3n) is 8.30. The molecule has 40 heavy (non-hydrogen) atoms. The van der Waals surface area contributed by atoms with E-state index in [1.807, 2.05) is 19.9 Å². The van der Waals surface area contributed by atoms with Crippen molar-refractivity contribution < 1.29 is 14.7 Å². The van der Waals surface area contributed by atoms with Crippen LogP contribution in [0.1, 0.15) is 57.7 Å². The van der Waals surface area contributed by atoms with E-state index in [1.54, 1.807) is 31.2 Å². The molecule has 1 N–H and O–H groups in total. The number of para-hydroxylation sites is 1. The van der Waals surface area contributed by atoms with Gasteiger partial charge in [0.25, 0.3) is 5.91 Å². The maximum absolute atomic E-state index is 13.5. The van der Waals surface area contributed by atoms with Gasteiger partial charge in [-0.2, -0.15) is 10.1 Å². The van der Waals surface area contributed by atoms with E-state index in [1.165, 1.54) is 27.5 Å². The van der Waals surface area contributed by atoms with Gasteiger partial charge in [-0.1, -0.05) is 55.8 Å². The summed E-state index contributed by atoms with van der Waals surface area (Å²) in [5, 5.41) is 15.3. The number of fused-ring (bicyclic) bond motifs is 1. The summed E-state index contributed by atoms with van der Waals surface area (Å²) in [4.78, 5) is 28.0. The van der Waals surface area contributed by atoms with Crippen LogP contribution in [-0.4, -0.2) is 29.2 Å². The number of allylic oxidation sites excluding steroid dienone is 3. The molecule has 3 aromatic rings. The molecule has 0 spiro atoms. The lowest BCUT2D eigenvalue weighted by molar-refractivity contribution is -0.129. The molecule has 0 aromatic heterocycles. The van der Waals surface area contributed by atoms with E-state index < -0.39 is 11.9 Å². The summed E-state index contributed by atoms with van der Waals surface area (Å²) in [5.41, 5.74) is 8.82. The Morgan fingerprint density at radius 1 is 0.925 bits per heavy atom. The van der Waals surface area contributed by atoms with Crippen molar-refractivity contribution in [3.63, 3.8) is 0 Å². The van der Waals surface area contributed by atoms with Crippen molar-refractivity contribution in [2.24, 2.45) is 5.10 Å². The Kier molecular flexibility index (Phi) is 6.96. The molecule has 6 nitrogen and oxygen atoms in total. The molecule has 6 heteroatoms. The van der Waals surface area contributed by atoms with Crippen LogP contribution in [0.4, 0.5) is 17.1 Å². The van der Waals surface area contributed by atoms with Crippen molar-refractivity contribution in [2.45, 2.75) is 53.4 Å². The quantitative estimate of drug-likeness (QED) is 0.347. The fourth-order valence-electron chi connectivity index (χ4n) is 5.51. The minimum absolute atomic E-state index is 0.00499. The van der Waals surface area contributed by atoms with E-state index in [4.69, 9.17) is 0 Å². The van der Waals surface area contributed by atoms with Gasteiger partial charge in [0.2, 0.25) is 0 Å². The summed E-state index contributed by atoms with van der Waals surface area (Å²) in [7, 11) is 0. The third-order valence-corrected chi connectivity index (χ3v) is 8.30. The van der Waals surface area contributed by atoms with Gasteiger partial charge in [0, 0.05) is 17.9 Å². The second-order valence-electron chi connectivity index (χ2n) is 11.3. The van der Waals surface area contributed by atoms with Gasteiger partial charge in [-0.25, -0.2) is 4.79 Å². The lowest BCUT2D eigenvalue weighted by Gasteiger charge is -2.40. The number of rotatable bonds is 5. The minimum atomic E-state index is -1.22. The molecule has 0 atom stereocenters. The Bertz CT molecular complexity index is 1600. The third kappa shape index (κ3) is 4.75. The highest BCUT2D eigenvalue weighted by Crippen LogP contribution is 2.44. The number of carboxylic acids is 1. The number of benzene rings is 3. The van der Waals surface area contributed by atoms with Gasteiger partial charge in [-0.3, -0.25) is 4.79 Å². The van der Waals surface area contributed by atoms with Crippen LogP contribution < -0.4 is 9.91 Å². The van der Waals surface area contributed by atoms with Gasteiger partial charge in [0.1, 0.15) is 0 Å². The van der Waals surface area contributed by atoms with Gasteiger partial charge < -0.3 is 10.0 Å². The van der Waals surface area contributed by atoms with Crippen molar-refractivity contribution in [2.75, 3.05) is 16.5 Å². The van der Waals surface area contributed by atoms with Gasteiger partial charge >= 0.3 is 5.97 Å². The molecule has 0 bridgehead atoms. The molecular weight excluding hydrogens is 498 g/mol. The summed E-state index contributed by atoms with van der Waals surface area (Å²) in [6, 6.07) is 24.1. The number of carboxylic acid groups (broad SMARTS) is 1. The van der Waals surface area contributed by atoms with Gasteiger partial charge in [-0.05, 0) is 104 Å². The highest BCUT2D eigenvalue weighted by Gasteiger charge is 2.37. The van der Waals surface area contributed by atoms with Crippen LogP contribution in [-0.2, 0) is 15.0 Å². The molecule has 0 aliphatic carbocycles. The first-order valence-electron chi connectivity index (χ1n) is 13.6. The molecule has 204 valence electrons. The van der Waals surface area contributed by atoms with Crippen LogP contribution in [0.25, 0.3) is 5.57 Å².